The molecule has 4 nitrogen and oxygen atoms in total. The summed E-state index contributed by atoms with van der Waals surface area (Å²) in [7, 11) is 0. The number of rotatable bonds is 2. The number of anilines is 1. The summed E-state index contributed by atoms with van der Waals surface area (Å²) >= 11 is 3.48. The van der Waals surface area contributed by atoms with E-state index < -0.39 is 0 Å². The van der Waals surface area contributed by atoms with Crippen molar-refractivity contribution in [3.8, 4) is 6.07 Å². The van der Waals surface area contributed by atoms with Gasteiger partial charge in [0, 0.05) is 22.7 Å². The van der Waals surface area contributed by atoms with Crippen LogP contribution < -0.4 is 10.6 Å². The quantitative estimate of drug-likeness (QED) is 0.909. The lowest BCUT2D eigenvalue weighted by atomic mass is 10.1. The first-order chi connectivity index (χ1) is 8.61. The molecule has 1 heterocycles. The molecule has 1 fully saturated rings. The van der Waals surface area contributed by atoms with Crippen LogP contribution in [0.4, 0.5) is 5.69 Å². The molecule has 0 saturated carbocycles. The van der Waals surface area contributed by atoms with E-state index in [4.69, 9.17) is 15.7 Å². The third-order valence-corrected chi connectivity index (χ3v) is 3.53. The molecule has 5 heteroatoms. The number of morpholine rings is 1. The topological polar surface area (TPSA) is 62.3 Å². The Balaban J connectivity index is 2.31. The number of benzene rings is 1. The third kappa shape index (κ3) is 2.83. The van der Waals surface area contributed by atoms with Gasteiger partial charge in [0.1, 0.15) is 0 Å². The van der Waals surface area contributed by atoms with Crippen molar-refractivity contribution in [2.45, 2.75) is 19.1 Å². The Morgan fingerprint density at radius 1 is 1.61 bits per heavy atom. The zero-order valence-electron chi connectivity index (χ0n) is 10.3. The van der Waals surface area contributed by atoms with E-state index in [0.717, 1.165) is 22.3 Å². The molecule has 2 atom stereocenters. The van der Waals surface area contributed by atoms with Gasteiger partial charge in [0.05, 0.1) is 19.2 Å². The maximum Gasteiger partial charge on any atom is 0.161 e. The molecule has 96 valence electrons. The number of nitrogens with zero attached hydrogens (tertiary/aromatic N) is 2. The van der Waals surface area contributed by atoms with Crippen LogP contribution >= 0.6 is 15.9 Å². The number of halogens is 1. The molecular formula is C13H16BrN3O. The molecule has 1 aromatic rings. The Bertz CT molecular complexity index is 470. The van der Waals surface area contributed by atoms with Gasteiger partial charge in [-0.3, -0.25) is 0 Å². The maximum absolute atomic E-state index is 8.95. The van der Waals surface area contributed by atoms with E-state index in [1.165, 1.54) is 0 Å². The highest BCUT2D eigenvalue weighted by molar-refractivity contribution is 9.10. The van der Waals surface area contributed by atoms with Crippen LogP contribution in [0.3, 0.4) is 0 Å². The second-order valence-electron chi connectivity index (χ2n) is 4.43. The predicted molar refractivity (Wildman–Crippen MR) is 74.3 cm³/mol. The number of hydrogen-bond acceptors (Lipinski definition) is 4. The van der Waals surface area contributed by atoms with Gasteiger partial charge in [-0.2, -0.15) is 5.26 Å². The van der Waals surface area contributed by atoms with Crippen LogP contribution in [0.2, 0.25) is 0 Å². The summed E-state index contributed by atoms with van der Waals surface area (Å²) in [6.45, 7) is 3.92. The Hall–Kier alpha value is -1.09. The molecule has 0 aliphatic carbocycles. The Labute approximate surface area is 115 Å². The van der Waals surface area contributed by atoms with Crippen LogP contribution in [-0.4, -0.2) is 25.8 Å². The molecule has 2 N–H and O–H groups in total. The number of nitriles is 1. The molecule has 0 spiro atoms. The van der Waals surface area contributed by atoms with Crippen molar-refractivity contribution in [1.82, 2.24) is 0 Å². The fourth-order valence-corrected chi connectivity index (χ4v) is 2.47. The highest BCUT2D eigenvalue weighted by atomic mass is 79.9. The van der Waals surface area contributed by atoms with Gasteiger partial charge in [0.25, 0.3) is 0 Å². The monoisotopic (exact) mass is 309 g/mol. The minimum Gasteiger partial charge on any atom is -0.365 e. The van der Waals surface area contributed by atoms with Crippen molar-refractivity contribution in [3.63, 3.8) is 0 Å². The molecule has 1 saturated heterocycles. The molecule has 2 rings (SSSR count). The summed E-state index contributed by atoms with van der Waals surface area (Å²) in [5, 5.41) is 8.95. The van der Waals surface area contributed by atoms with Crippen LogP contribution in [0.1, 0.15) is 18.5 Å². The lowest BCUT2D eigenvalue weighted by molar-refractivity contribution is 0.0764. The van der Waals surface area contributed by atoms with E-state index in [9.17, 15) is 0 Å². The average Bonchev–Trinajstić information content (AvgIpc) is 2.38. The molecule has 1 aliphatic heterocycles. The zero-order chi connectivity index (χ0) is 13.1. The highest BCUT2D eigenvalue weighted by Gasteiger charge is 2.22. The van der Waals surface area contributed by atoms with Crippen LogP contribution in [-0.2, 0) is 4.74 Å². The van der Waals surface area contributed by atoms with E-state index >= 15 is 0 Å². The zero-order valence-corrected chi connectivity index (χ0v) is 11.9. The van der Waals surface area contributed by atoms with Gasteiger partial charge in [0.2, 0.25) is 0 Å². The van der Waals surface area contributed by atoms with Crippen molar-refractivity contribution in [2.24, 2.45) is 5.73 Å². The minimum atomic E-state index is -0.362. The summed E-state index contributed by atoms with van der Waals surface area (Å²) in [6.07, 6.45) is -0.362. The van der Waals surface area contributed by atoms with Crippen molar-refractivity contribution in [3.05, 3.63) is 28.2 Å². The number of hydrogen-bond donors (Lipinski definition) is 1. The van der Waals surface area contributed by atoms with Crippen molar-refractivity contribution in [1.29, 1.82) is 5.26 Å². The fraction of sp³-hybridized carbons (Fsp3) is 0.462. The van der Waals surface area contributed by atoms with Gasteiger partial charge in [0.15, 0.2) is 6.10 Å². The van der Waals surface area contributed by atoms with Gasteiger partial charge < -0.3 is 15.4 Å². The summed E-state index contributed by atoms with van der Waals surface area (Å²) < 4.78 is 6.38. The van der Waals surface area contributed by atoms with Gasteiger partial charge in [-0.15, -0.1) is 0 Å². The minimum absolute atomic E-state index is 0.0310. The van der Waals surface area contributed by atoms with E-state index in [2.05, 4.69) is 33.0 Å². The lowest BCUT2D eigenvalue weighted by Gasteiger charge is -2.33. The largest absolute Gasteiger partial charge is 0.365 e. The second kappa shape index (κ2) is 5.70. The summed E-state index contributed by atoms with van der Waals surface area (Å²) in [5.74, 6) is 0. The fourth-order valence-electron chi connectivity index (χ4n) is 2.12. The van der Waals surface area contributed by atoms with E-state index in [1.807, 2.05) is 19.1 Å². The predicted octanol–water partition coefficient (Wildman–Crippen LogP) is 2.20. The van der Waals surface area contributed by atoms with Crippen molar-refractivity contribution >= 4 is 21.6 Å². The van der Waals surface area contributed by atoms with Crippen LogP contribution in [0.5, 0.6) is 0 Å². The van der Waals surface area contributed by atoms with Crippen molar-refractivity contribution < 1.29 is 4.74 Å². The van der Waals surface area contributed by atoms with Gasteiger partial charge in [-0.1, -0.05) is 22.0 Å². The van der Waals surface area contributed by atoms with Gasteiger partial charge >= 0.3 is 0 Å². The van der Waals surface area contributed by atoms with E-state index in [-0.39, 0.29) is 12.1 Å². The lowest BCUT2D eigenvalue weighted by Crippen LogP contribution is -2.42. The second-order valence-corrected chi connectivity index (χ2v) is 5.34. The average molecular weight is 310 g/mol. The first-order valence-corrected chi connectivity index (χ1v) is 6.72. The SMILES string of the molecule is CC(N)c1ccc(Br)cc1N1CCOC(C#N)C1. The van der Waals surface area contributed by atoms with Gasteiger partial charge in [-0.25, -0.2) is 0 Å². The van der Waals surface area contributed by atoms with Crippen LogP contribution in [0.25, 0.3) is 0 Å². The summed E-state index contributed by atoms with van der Waals surface area (Å²) in [6, 6.07) is 8.20. The van der Waals surface area contributed by atoms with E-state index in [1.54, 1.807) is 0 Å². The van der Waals surface area contributed by atoms with E-state index in [0.29, 0.717) is 13.2 Å². The molecule has 2 unspecified atom stereocenters. The molecule has 18 heavy (non-hydrogen) atoms. The molecule has 0 amide bonds. The Kier molecular flexibility index (Phi) is 4.23. The Morgan fingerprint density at radius 2 is 2.39 bits per heavy atom. The molecule has 0 aromatic heterocycles. The Morgan fingerprint density at radius 3 is 3.06 bits per heavy atom. The highest BCUT2D eigenvalue weighted by Crippen LogP contribution is 2.30. The first-order valence-electron chi connectivity index (χ1n) is 5.93. The number of nitrogens with two attached hydrogens (primary N) is 1. The van der Waals surface area contributed by atoms with Crippen molar-refractivity contribution in [2.75, 3.05) is 24.6 Å². The molecule has 0 bridgehead atoms. The van der Waals surface area contributed by atoms with Crippen LogP contribution in [0.15, 0.2) is 22.7 Å². The summed E-state index contributed by atoms with van der Waals surface area (Å²) in [4.78, 5) is 2.17. The normalized spacial score (nSPS) is 21.4. The number of ether oxygens (including phenoxy) is 1. The first kappa shape index (κ1) is 13.3. The molecule has 1 aromatic carbocycles. The molecule has 0 radical (unpaired) electrons. The van der Waals surface area contributed by atoms with Crippen LogP contribution in [0, 0.1) is 11.3 Å². The third-order valence-electron chi connectivity index (χ3n) is 3.03. The maximum atomic E-state index is 8.95. The standard InChI is InChI=1S/C13H16BrN3O/c1-9(16)12-3-2-10(14)6-13(12)17-4-5-18-11(7-15)8-17/h2-3,6,9,11H,4-5,8,16H2,1H3. The molecule has 1 aliphatic rings. The molecular weight excluding hydrogens is 294 g/mol. The smallest absolute Gasteiger partial charge is 0.161 e. The van der Waals surface area contributed by atoms with Gasteiger partial charge in [-0.05, 0) is 24.6 Å². The summed E-state index contributed by atoms with van der Waals surface area (Å²) in [5.41, 5.74) is 8.18.